The molecule has 96 valence electrons. The van der Waals surface area contributed by atoms with Gasteiger partial charge in [-0.25, -0.2) is 15.0 Å². The fourth-order valence-corrected chi connectivity index (χ4v) is 2.72. The molecule has 3 heterocycles. The first-order chi connectivity index (χ1) is 9.28. The van der Waals surface area contributed by atoms with Crippen LogP contribution in [-0.2, 0) is 0 Å². The maximum Gasteiger partial charge on any atom is 0.170 e. The van der Waals surface area contributed by atoms with E-state index in [4.69, 9.17) is 11.6 Å². The predicted octanol–water partition coefficient (Wildman–Crippen LogP) is 2.97. The van der Waals surface area contributed by atoms with Crippen LogP contribution in [0.5, 0.6) is 0 Å². The minimum Gasteiger partial charge on any atom is -0.372 e. The van der Waals surface area contributed by atoms with Crippen molar-refractivity contribution in [1.29, 1.82) is 0 Å². The molecule has 0 atom stereocenters. The van der Waals surface area contributed by atoms with Gasteiger partial charge in [-0.1, -0.05) is 11.6 Å². The Hall–Kier alpha value is -1.79. The molecule has 0 bridgehead atoms. The third-order valence-electron chi connectivity index (χ3n) is 2.52. The van der Waals surface area contributed by atoms with Gasteiger partial charge in [-0.2, -0.15) is 0 Å². The molecule has 7 heteroatoms. The molecular formula is C12H10ClN5S. The predicted molar refractivity (Wildman–Crippen MR) is 75.9 cm³/mol. The zero-order valence-corrected chi connectivity index (χ0v) is 11.6. The van der Waals surface area contributed by atoms with Gasteiger partial charge in [0.1, 0.15) is 15.9 Å². The molecule has 0 aliphatic rings. The number of rotatable bonds is 3. The van der Waals surface area contributed by atoms with Crippen LogP contribution >= 0.6 is 23.4 Å². The summed E-state index contributed by atoms with van der Waals surface area (Å²) < 4.78 is 1.91. The van der Waals surface area contributed by atoms with Crippen molar-refractivity contribution in [3.63, 3.8) is 0 Å². The highest BCUT2D eigenvalue weighted by Gasteiger charge is 2.11. The number of nitrogens with one attached hydrogen (secondary N) is 1. The second kappa shape index (κ2) is 5.07. The van der Waals surface area contributed by atoms with Crippen LogP contribution in [0, 0.1) is 0 Å². The van der Waals surface area contributed by atoms with Gasteiger partial charge in [0.05, 0.1) is 11.2 Å². The summed E-state index contributed by atoms with van der Waals surface area (Å²) >= 11 is 7.52. The number of hydrogen-bond acceptors (Lipinski definition) is 5. The topological polar surface area (TPSA) is 55.1 Å². The van der Waals surface area contributed by atoms with Crippen molar-refractivity contribution < 1.29 is 0 Å². The molecule has 3 aromatic rings. The van der Waals surface area contributed by atoms with Gasteiger partial charge in [-0.05, 0) is 23.9 Å². The molecule has 5 nitrogen and oxygen atoms in total. The van der Waals surface area contributed by atoms with Crippen molar-refractivity contribution >= 4 is 34.8 Å². The van der Waals surface area contributed by atoms with Crippen molar-refractivity contribution in [2.45, 2.75) is 10.1 Å². The van der Waals surface area contributed by atoms with Gasteiger partial charge in [-0.3, -0.25) is 0 Å². The normalized spacial score (nSPS) is 10.8. The zero-order valence-electron chi connectivity index (χ0n) is 10.0. The van der Waals surface area contributed by atoms with E-state index in [1.165, 1.54) is 11.8 Å². The molecule has 0 unspecified atom stereocenters. The highest BCUT2D eigenvalue weighted by molar-refractivity contribution is 7.99. The van der Waals surface area contributed by atoms with Gasteiger partial charge >= 0.3 is 0 Å². The smallest absolute Gasteiger partial charge is 0.170 e. The molecule has 0 amide bonds. The monoisotopic (exact) mass is 291 g/mol. The molecule has 1 N–H and O–H groups in total. The average Bonchev–Trinajstić information content (AvgIpc) is 2.89. The van der Waals surface area contributed by atoms with Crippen LogP contribution in [0.15, 0.2) is 47.0 Å². The van der Waals surface area contributed by atoms with Crippen molar-refractivity contribution in [1.82, 2.24) is 19.4 Å². The number of anilines is 1. The lowest BCUT2D eigenvalue weighted by Crippen LogP contribution is -1.98. The Kier molecular flexibility index (Phi) is 3.27. The van der Waals surface area contributed by atoms with E-state index in [0.29, 0.717) is 5.02 Å². The van der Waals surface area contributed by atoms with Crippen LogP contribution in [0.25, 0.3) is 5.65 Å². The largest absolute Gasteiger partial charge is 0.372 e. The van der Waals surface area contributed by atoms with Crippen molar-refractivity contribution in [2.75, 3.05) is 12.4 Å². The van der Waals surface area contributed by atoms with E-state index in [1.807, 2.05) is 29.9 Å². The minimum atomic E-state index is 0.605. The third kappa shape index (κ3) is 2.36. The Morgan fingerprint density at radius 1 is 1.26 bits per heavy atom. The zero-order chi connectivity index (χ0) is 13.2. The van der Waals surface area contributed by atoms with Gasteiger partial charge in [0.2, 0.25) is 0 Å². The van der Waals surface area contributed by atoms with Crippen LogP contribution in [-0.4, -0.2) is 26.4 Å². The summed E-state index contributed by atoms with van der Waals surface area (Å²) in [6.07, 6.45) is 7.20. The summed E-state index contributed by atoms with van der Waals surface area (Å²) in [6.45, 7) is 0. The van der Waals surface area contributed by atoms with Crippen LogP contribution < -0.4 is 5.32 Å². The molecule has 0 spiro atoms. The van der Waals surface area contributed by atoms with E-state index in [-0.39, 0.29) is 0 Å². The van der Waals surface area contributed by atoms with Gasteiger partial charge in [0.15, 0.2) is 5.65 Å². The van der Waals surface area contributed by atoms with Gasteiger partial charge in [0, 0.05) is 25.6 Å². The second-order valence-corrected chi connectivity index (χ2v) is 5.12. The fourth-order valence-electron chi connectivity index (χ4n) is 1.63. The molecular weight excluding hydrogens is 282 g/mol. The van der Waals surface area contributed by atoms with E-state index >= 15 is 0 Å². The third-order valence-corrected chi connectivity index (χ3v) is 3.92. The molecule has 0 fully saturated rings. The van der Waals surface area contributed by atoms with E-state index in [9.17, 15) is 0 Å². The lowest BCUT2D eigenvalue weighted by atomic mass is 10.5. The van der Waals surface area contributed by atoms with Gasteiger partial charge in [-0.15, -0.1) is 0 Å². The van der Waals surface area contributed by atoms with Crippen molar-refractivity contribution in [3.8, 4) is 0 Å². The fraction of sp³-hybridized carbons (Fsp3) is 0.0833. The number of pyridine rings is 1. The standard InChI is InChI=1S/C12H10ClN5S/c1-14-9-7-18-6-5-15-10(18)12(17-9)19-11-8(13)3-2-4-16-11/h2-7,14H,1H3. The van der Waals surface area contributed by atoms with Gasteiger partial charge < -0.3 is 9.72 Å². The van der Waals surface area contributed by atoms with Gasteiger partial charge in [0.25, 0.3) is 0 Å². The van der Waals surface area contributed by atoms with E-state index in [2.05, 4.69) is 20.3 Å². The Morgan fingerprint density at radius 2 is 2.16 bits per heavy atom. The van der Waals surface area contributed by atoms with Crippen molar-refractivity contribution in [3.05, 3.63) is 41.9 Å². The summed E-state index contributed by atoms with van der Waals surface area (Å²) in [5.74, 6) is 0.764. The highest BCUT2D eigenvalue weighted by atomic mass is 35.5. The average molecular weight is 292 g/mol. The molecule has 19 heavy (non-hydrogen) atoms. The molecule has 3 aromatic heterocycles. The summed E-state index contributed by atoms with van der Waals surface area (Å²) in [5.41, 5.74) is 0.783. The van der Waals surface area contributed by atoms with E-state index < -0.39 is 0 Å². The number of hydrogen-bond donors (Lipinski definition) is 1. The van der Waals surface area contributed by atoms with E-state index in [1.54, 1.807) is 18.5 Å². The minimum absolute atomic E-state index is 0.605. The maximum absolute atomic E-state index is 6.12. The summed E-state index contributed by atoms with van der Waals surface area (Å²) in [4.78, 5) is 13.1. The number of aromatic nitrogens is 4. The lowest BCUT2D eigenvalue weighted by Gasteiger charge is -2.06. The van der Waals surface area contributed by atoms with E-state index in [0.717, 1.165) is 21.5 Å². The number of imidazole rings is 1. The first-order valence-electron chi connectivity index (χ1n) is 5.58. The van der Waals surface area contributed by atoms with Crippen LogP contribution in [0.1, 0.15) is 0 Å². The molecule has 3 rings (SSSR count). The highest BCUT2D eigenvalue weighted by Crippen LogP contribution is 2.32. The molecule has 0 aromatic carbocycles. The molecule has 0 aliphatic carbocycles. The lowest BCUT2D eigenvalue weighted by molar-refractivity contribution is 1.02. The SMILES string of the molecule is CNc1cn2ccnc2c(Sc2ncccc2Cl)n1. The summed E-state index contributed by atoms with van der Waals surface area (Å²) in [7, 11) is 1.83. The second-order valence-electron chi connectivity index (χ2n) is 3.73. The molecule has 0 aliphatic heterocycles. The van der Waals surface area contributed by atoms with Crippen LogP contribution in [0.3, 0.4) is 0 Å². The first-order valence-corrected chi connectivity index (χ1v) is 6.77. The molecule has 0 radical (unpaired) electrons. The van der Waals surface area contributed by atoms with Crippen LogP contribution in [0.4, 0.5) is 5.82 Å². The van der Waals surface area contributed by atoms with Crippen molar-refractivity contribution in [2.24, 2.45) is 0 Å². The Bertz CT molecular complexity index is 727. The quantitative estimate of drug-likeness (QED) is 0.804. The first kappa shape index (κ1) is 12.3. The number of halogens is 1. The number of fused-ring (bicyclic) bond motifs is 1. The Balaban J connectivity index is 2.09. The Labute approximate surface area is 119 Å². The molecule has 0 saturated carbocycles. The summed E-state index contributed by atoms with van der Waals surface area (Å²) in [6, 6.07) is 3.61. The summed E-state index contributed by atoms with van der Waals surface area (Å²) in [5, 5.41) is 5.11. The van der Waals surface area contributed by atoms with Crippen LogP contribution in [0.2, 0.25) is 5.02 Å². The number of nitrogens with zero attached hydrogens (tertiary/aromatic N) is 4. The Morgan fingerprint density at radius 3 is 2.95 bits per heavy atom. The molecule has 0 saturated heterocycles. The maximum atomic E-state index is 6.12.